The molecule has 0 saturated carbocycles. The summed E-state index contributed by atoms with van der Waals surface area (Å²) in [5.41, 5.74) is 3.43. The molecule has 0 radical (unpaired) electrons. The van der Waals surface area contributed by atoms with Crippen molar-refractivity contribution in [2.45, 2.75) is 31.2 Å². The van der Waals surface area contributed by atoms with Gasteiger partial charge in [-0.25, -0.2) is 0 Å². The molecule has 0 N–H and O–H groups in total. The summed E-state index contributed by atoms with van der Waals surface area (Å²) in [6, 6.07) is 21.1. The smallest absolute Gasteiger partial charge is 0.195 e. The number of carbonyl (C=O) groups excluding carboxylic acids is 1. The molecule has 2 heterocycles. The number of aromatic nitrogens is 2. The van der Waals surface area contributed by atoms with Crippen LogP contribution in [-0.4, -0.2) is 25.6 Å². The highest BCUT2D eigenvalue weighted by atomic mass is 32.2. The fraction of sp³-hybridized carbons (Fsp3) is 0.200. The lowest BCUT2D eigenvalue weighted by Crippen LogP contribution is -2.15. The second-order valence-electron chi connectivity index (χ2n) is 7.41. The summed E-state index contributed by atoms with van der Waals surface area (Å²) in [4.78, 5) is 18.1. The molecule has 5 heteroatoms. The zero-order valence-electron chi connectivity index (χ0n) is 17.1. The second-order valence-corrected chi connectivity index (χ2v) is 8.98. The Balaban J connectivity index is 1.66. The molecule has 0 bridgehead atoms. The van der Waals surface area contributed by atoms with Crippen LogP contribution in [-0.2, 0) is 11.2 Å². The minimum absolute atomic E-state index is 0.0376. The monoisotopic (exact) mass is 416 g/mol. The third-order valence-corrected chi connectivity index (χ3v) is 6.90. The van der Waals surface area contributed by atoms with Crippen LogP contribution in [0.25, 0.3) is 10.9 Å². The third kappa shape index (κ3) is 3.91. The predicted molar refractivity (Wildman–Crippen MR) is 121 cm³/mol. The van der Waals surface area contributed by atoms with Crippen LogP contribution in [0.3, 0.4) is 0 Å². The van der Waals surface area contributed by atoms with Gasteiger partial charge in [0.2, 0.25) is 0 Å². The van der Waals surface area contributed by atoms with E-state index >= 15 is 0 Å². The average Bonchev–Trinajstić information content (AvgIpc) is 3.09. The van der Waals surface area contributed by atoms with E-state index in [-0.39, 0.29) is 11.8 Å². The summed E-state index contributed by atoms with van der Waals surface area (Å²) in [5.74, 6) is 0.592. The Bertz CT molecular complexity index is 1160. The summed E-state index contributed by atoms with van der Waals surface area (Å²) in [7, 11) is 0. The summed E-state index contributed by atoms with van der Waals surface area (Å²) < 4.78 is 14.9. The topological polar surface area (TPSA) is 58.0 Å². The zero-order chi connectivity index (χ0) is 21.1. The van der Waals surface area contributed by atoms with Crippen LogP contribution in [0.2, 0.25) is 0 Å². The summed E-state index contributed by atoms with van der Waals surface area (Å²) in [6.07, 6.45) is 4.08. The molecule has 0 saturated heterocycles. The molecule has 2 aromatic heterocycles. The summed E-state index contributed by atoms with van der Waals surface area (Å²) >= 11 is -1.07. The molecule has 0 amide bonds. The first-order valence-electron chi connectivity index (χ1n) is 10.1. The van der Waals surface area contributed by atoms with Gasteiger partial charge in [-0.2, -0.15) is 0 Å². The maximum atomic E-state index is 13.3. The van der Waals surface area contributed by atoms with E-state index in [2.05, 4.69) is 22.5 Å². The molecule has 152 valence electrons. The highest BCUT2D eigenvalue weighted by Gasteiger charge is 2.24. The van der Waals surface area contributed by atoms with Gasteiger partial charge in [0.15, 0.2) is 10.7 Å². The van der Waals surface area contributed by atoms with Crippen LogP contribution in [0.4, 0.5) is 0 Å². The molecule has 4 aromatic rings. The molecule has 0 aliphatic heterocycles. The van der Waals surface area contributed by atoms with Gasteiger partial charge in [-0.15, -0.1) is 0 Å². The van der Waals surface area contributed by atoms with Crippen LogP contribution in [0.15, 0.2) is 84.0 Å². The van der Waals surface area contributed by atoms with E-state index in [1.165, 1.54) is 0 Å². The Kier molecular flexibility index (Phi) is 6.02. The number of fused-ring (bicyclic) bond motifs is 1. The van der Waals surface area contributed by atoms with E-state index < -0.39 is 11.2 Å². The Hall–Kier alpha value is -2.89. The van der Waals surface area contributed by atoms with Crippen LogP contribution < -0.4 is 0 Å². The maximum absolute atomic E-state index is 13.3. The van der Waals surface area contributed by atoms with E-state index in [0.29, 0.717) is 11.3 Å². The lowest BCUT2D eigenvalue weighted by molar-refractivity contribution is 0.103. The fourth-order valence-corrected chi connectivity index (χ4v) is 5.21. The summed E-state index contributed by atoms with van der Waals surface area (Å²) in [6.45, 7) is 4.13. The van der Waals surface area contributed by atoms with Crippen molar-refractivity contribution in [3.63, 3.8) is 0 Å². The van der Waals surface area contributed by atoms with Crippen LogP contribution in [0, 0.1) is 6.92 Å². The minimum Gasteiger partial charge on any atom is -0.611 e. The SMILES string of the molecule is Cc1c(C(=O)c2ccccc2)c2ccccc2n1C(C)CC[S+]([O-])c1ccncc1. The molecular weight excluding hydrogens is 392 g/mol. The maximum Gasteiger partial charge on any atom is 0.195 e. The van der Waals surface area contributed by atoms with Crippen LogP contribution in [0.5, 0.6) is 0 Å². The molecule has 0 fully saturated rings. The van der Waals surface area contributed by atoms with Gasteiger partial charge in [0, 0.05) is 59.1 Å². The first-order chi connectivity index (χ1) is 14.6. The number of para-hydroxylation sites is 1. The first kappa shape index (κ1) is 20.4. The predicted octanol–water partition coefficient (Wildman–Crippen LogP) is 5.33. The van der Waals surface area contributed by atoms with Crippen molar-refractivity contribution in [2.75, 3.05) is 5.75 Å². The normalized spacial score (nSPS) is 13.3. The van der Waals surface area contributed by atoms with E-state index in [0.717, 1.165) is 33.5 Å². The van der Waals surface area contributed by atoms with Gasteiger partial charge < -0.3 is 9.12 Å². The van der Waals surface area contributed by atoms with Crippen molar-refractivity contribution in [3.8, 4) is 0 Å². The van der Waals surface area contributed by atoms with E-state index in [1.54, 1.807) is 24.5 Å². The first-order valence-corrected chi connectivity index (χ1v) is 11.4. The number of benzene rings is 2. The highest BCUT2D eigenvalue weighted by molar-refractivity contribution is 7.91. The molecular formula is C25H24N2O2S. The Morgan fingerprint density at radius 1 is 1.03 bits per heavy atom. The van der Waals surface area contributed by atoms with Crippen molar-refractivity contribution < 1.29 is 9.35 Å². The van der Waals surface area contributed by atoms with Crippen molar-refractivity contribution >= 4 is 27.9 Å². The average molecular weight is 417 g/mol. The van der Waals surface area contributed by atoms with Crippen molar-refractivity contribution in [1.82, 2.24) is 9.55 Å². The molecule has 0 spiro atoms. The van der Waals surface area contributed by atoms with Crippen LogP contribution in [0.1, 0.15) is 41.0 Å². The number of ketones is 1. The number of pyridine rings is 1. The quantitative estimate of drug-likeness (QED) is 0.302. The molecule has 0 aliphatic rings. The van der Waals surface area contributed by atoms with Gasteiger partial charge in [0.1, 0.15) is 5.75 Å². The van der Waals surface area contributed by atoms with E-state index in [4.69, 9.17) is 0 Å². The fourth-order valence-electron chi connectivity index (χ4n) is 3.99. The van der Waals surface area contributed by atoms with Crippen molar-refractivity contribution in [2.24, 2.45) is 0 Å². The third-order valence-electron chi connectivity index (χ3n) is 5.49. The Morgan fingerprint density at radius 3 is 2.43 bits per heavy atom. The summed E-state index contributed by atoms with van der Waals surface area (Å²) in [5, 5.41) is 0.964. The van der Waals surface area contributed by atoms with Crippen molar-refractivity contribution in [3.05, 3.63) is 95.9 Å². The second kappa shape index (κ2) is 8.86. The number of hydrogen-bond acceptors (Lipinski definition) is 3. The Morgan fingerprint density at radius 2 is 1.70 bits per heavy atom. The molecule has 2 aromatic carbocycles. The molecule has 2 atom stereocenters. The molecule has 4 rings (SSSR count). The van der Waals surface area contributed by atoms with Gasteiger partial charge in [0.05, 0.1) is 5.56 Å². The standard InChI is InChI=1S/C25H24N2O2S/c1-18(14-17-30(29)21-12-15-26-16-13-21)27-19(2)24(22-10-6-7-11-23(22)27)25(28)20-8-4-3-5-9-20/h3-13,15-16,18H,14,17H2,1-2H3. The van der Waals surface area contributed by atoms with E-state index in [9.17, 15) is 9.35 Å². The lowest BCUT2D eigenvalue weighted by atomic mass is 10.0. The van der Waals surface area contributed by atoms with Crippen LogP contribution >= 0.6 is 0 Å². The lowest BCUT2D eigenvalue weighted by Gasteiger charge is -2.19. The molecule has 4 nitrogen and oxygen atoms in total. The minimum atomic E-state index is -1.07. The highest BCUT2D eigenvalue weighted by Crippen LogP contribution is 2.32. The van der Waals surface area contributed by atoms with Gasteiger partial charge in [-0.3, -0.25) is 9.78 Å². The number of rotatable bonds is 7. The van der Waals surface area contributed by atoms with Crippen molar-refractivity contribution in [1.29, 1.82) is 0 Å². The van der Waals surface area contributed by atoms with Gasteiger partial charge in [0.25, 0.3) is 0 Å². The Labute approximate surface area is 179 Å². The molecule has 30 heavy (non-hydrogen) atoms. The number of hydrogen-bond donors (Lipinski definition) is 0. The molecule has 0 aliphatic carbocycles. The number of carbonyl (C=O) groups is 1. The van der Waals surface area contributed by atoms with Gasteiger partial charge >= 0.3 is 0 Å². The number of nitrogens with zero attached hydrogens (tertiary/aromatic N) is 2. The zero-order valence-corrected chi connectivity index (χ0v) is 17.9. The largest absolute Gasteiger partial charge is 0.611 e. The molecule has 2 unspecified atom stereocenters. The van der Waals surface area contributed by atoms with Gasteiger partial charge in [-0.1, -0.05) is 48.5 Å². The van der Waals surface area contributed by atoms with Gasteiger partial charge in [-0.05, 0) is 31.1 Å². The van der Waals surface area contributed by atoms with E-state index in [1.807, 2.05) is 55.5 Å².